The number of carbonyl (C=O) groups is 2. The molecule has 0 radical (unpaired) electrons. The Labute approximate surface area is 128 Å². The average Bonchev–Trinajstić information content (AvgIpc) is 3.05. The Bertz CT molecular complexity index is 566. The van der Waals surface area contributed by atoms with E-state index in [2.05, 4.69) is 5.32 Å². The van der Waals surface area contributed by atoms with Crippen LogP contribution < -0.4 is 14.8 Å². The Hall–Kier alpha value is -2.24. The third-order valence-corrected chi connectivity index (χ3v) is 3.83. The summed E-state index contributed by atoms with van der Waals surface area (Å²) in [6.07, 6.45) is 4.29. The third kappa shape index (κ3) is 3.50. The number of amides is 1. The number of rotatable bonds is 4. The molecular weight excluding hydrogens is 286 g/mol. The molecule has 1 aliphatic heterocycles. The Kier molecular flexibility index (Phi) is 4.46. The van der Waals surface area contributed by atoms with E-state index in [0.717, 1.165) is 25.7 Å². The van der Waals surface area contributed by atoms with Gasteiger partial charge in [-0.05, 0) is 31.0 Å². The lowest BCUT2D eigenvalue weighted by atomic mass is 10.2. The van der Waals surface area contributed by atoms with Crippen LogP contribution >= 0.6 is 0 Å². The molecule has 1 heterocycles. The van der Waals surface area contributed by atoms with Crippen molar-refractivity contribution < 1.29 is 23.8 Å². The highest BCUT2D eigenvalue weighted by molar-refractivity contribution is 5.92. The number of esters is 1. The molecule has 0 bridgehead atoms. The number of nitrogens with one attached hydrogen (secondary N) is 1. The largest absolute Gasteiger partial charge is 0.486 e. The molecular formula is C16H19NO5. The van der Waals surface area contributed by atoms with E-state index in [1.807, 2.05) is 0 Å². The van der Waals surface area contributed by atoms with E-state index >= 15 is 0 Å². The Morgan fingerprint density at radius 3 is 2.64 bits per heavy atom. The van der Waals surface area contributed by atoms with Crippen LogP contribution in [0.3, 0.4) is 0 Å². The number of benzene rings is 1. The number of hydrogen-bond acceptors (Lipinski definition) is 5. The number of carbonyl (C=O) groups excluding carboxylic acids is 2. The van der Waals surface area contributed by atoms with Gasteiger partial charge >= 0.3 is 5.97 Å². The number of hydrogen-bond donors (Lipinski definition) is 1. The molecule has 118 valence electrons. The van der Waals surface area contributed by atoms with E-state index < -0.39 is 5.97 Å². The minimum Gasteiger partial charge on any atom is -0.486 e. The summed E-state index contributed by atoms with van der Waals surface area (Å²) in [5, 5.41) is 2.87. The first-order chi connectivity index (χ1) is 10.7. The lowest BCUT2D eigenvalue weighted by Crippen LogP contribution is -2.35. The quantitative estimate of drug-likeness (QED) is 0.857. The maximum absolute atomic E-state index is 12.0. The van der Waals surface area contributed by atoms with Crippen molar-refractivity contribution in [1.29, 1.82) is 0 Å². The average molecular weight is 305 g/mol. The van der Waals surface area contributed by atoms with Gasteiger partial charge in [-0.2, -0.15) is 0 Å². The van der Waals surface area contributed by atoms with Crippen molar-refractivity contribution in [3.05, 3.63) is 23.8 Å². The zero-order valence-corrected chi connectivity index (χ0v) is 12.3. The van der Waals surface area contributed by atoms with Crippen LogP contribution in [0.4, 0.5) is 0 Å². The SMILES string of the molecule is O=C(COC(=O)c1ccc2c(c1)OCCO2)NC1CCCC1. The number of ether oxygens (including phenoxy) is 3. The van der Waals surface area contributed by atoms with E-state index in [9.17, 15) is 9.59 Å². The zero-order chi connectivity index (χ0) is 15.4. The summed E-state index contributed by atoms with van der Waals surface area (Å²) in [6.45, 7) is 0.692. The molecule has 1 N–H and O–H groups in total. The first-order valence-corrected chi connectivity index (χ1v) is 7.58. The molecule has 0 atom stereocenters. The molecule has 0 saturated heterocycles. The van der Waals surface area contributed by atoms with Gasteiger partial charge in [-0.25, -0.2) is 4.79 Å². The first kappa shape index (κ1) is 14.7. The summed E-state index contributed by atoms with van der Waals surface area (Å²) >= 11 is 0. The van der Waals surface area contributed by atoms with Gasteiger partial charge < -0.3 is 19.5 Å². The highest BCUT2D eigenvalue weighted by atomic mass is 16.6. The normalized spacial score (nSPS) is 17.1. The van der Waals surface area contributed by atoms with Crippen LogP contribution in [0.2, 0.25) is 0 Å². The van der Waals surface area contributed by atoms with Crippen molar-refractivity contribution in [2.24, 2.45) is 0 Å². The van der Waals surface area contributed by atoms with Crippen LogP contribution in [-0.2, 0) is 9.53 Å². The van der Waals surface area contributed by atoms with Crippen LogP contribution in [-0.4, -0.2) is 37.7 Å². The van der Waals surface area contributed by atoms with E-state index in [-0.39, 0.29) is 18.6 Å². The fourth-order valence-electron chi connectivity index (χ4n) is 2.72. The molecule has 1 aliphatic carbocycles. The fraction of sp³-hybridized carbons (Fsp3) is 0.500. The van der Waals surface area contributed by atoms with Gasteiger partial charge in [0.2, 0.25) is 0 Å². The second-order valence-corrected chi connectivity index (χ2v) is 5.48. The van der Waals surface area contributed by atoms with Crippen LogP contribution in [0.5, 0.6) is 11.5 Å². The van der Waals surface area contributed by atoms with E-state index in [1.54, 1.807) is 18.2 Å². The van der Waals surface area contributed by atoms with Crippen molar-refractivity contribution >= 4 is 11.9 Å². The molecule has 0 spiro atoms. The fourth-order valence-corrected chi connectivity index (χ4v) is 2.72. The lowest BCUT2D eigenvalue weighted by Gasteiger charge is -2.18. The highest BCUT2D eigenvalue weighted by Gasteiger charge is 2.19. The molecule has 3 rings (SSSR count). The molecule has 1 amide bonds. The van der Waals surface area contributed by atoms with Crippen LogP contribution in [0, 0.1) is 0 Å². The third-order valence-electron chi connectivity index (χ3n) is 3.83. The zero-order valence-electron chi connectivity index (χ0n) is 12.3. The molecule has 6 nitrogen and oxygen atoms in total. The molecule has 0 unspecified atom stereocenters. The van der Waals surface area contributed by atoms with Gasteiger partial charge in [0, 0.05) is 6.04 Å². The van der Waals surface area contributed by atoms with Crippen molar-refractivity contribution in [2.45, 2.75) is 31.7 Å². The monoisotopic (exact) mass is 305 g/mol. The van der Waals surface area contributed by atoms with Crippen LogP contribution in [0.25, 0.3) is 0 Å². The summed E-state index contributed by atoms with van der Waals surface area (Å²) in [4.78, 5) is 23.7. The molecule has 1 fully saturated rings. The van der Waals surface area contributed by atoms with E-state index in [4.69, 9.17) is 14.2 Å². The summed E-state index contributed by atoms with van der Waals surface area (Å²) in [5.41, 5.74) is 0.345. The van der Waals surface area contributed by atoms with Gasteiger partial charge in [0.05, 0.1) is 5.56 Å². The lowest BCUT2D eigenvalue weighted by molar-refractivity contribution is -0.124. The topological polar surface area (TPSA) is 73.9 Å². The summed E-state index contributed by atoms with van der Waals surface area (Å²) in [7, 11) is 0. The number of fused-ring (bicyclic) bond motifs is 1. The van der Waals surface area contributed by atoms with Crippen LogP contribution in [0.1, 0.15) is 36.0 Å². The Morgan fingerprint density at radius 1 is 1.14 bits per heavy atom. The summed E-state index contributed by atoms with van der Waals surface area (Å²) in [5.74, 6) is 0.342. The molecule has 1 aromatic rings. The van der Waals surface area contributed by atoms with Crippen molar-refractivity contribution in [1.82, 2.24) is 5.32 Å². The molecule has 6 heteroatoms. The van der Waals surface area contributed by atoms with Gasteiger partial charge in [0.1, 0.15) is 13.2 Å². The van der Waals surface area contributed by atoms with Crippen molar-refractivity contribution in [3.8, 4) is 11.5 Å². The Morgan fingerprint density at radius 2 is 1.86 bits per heavy atom. The van der Waals surface area contributed by atoms with Gasteiger partial charge in [-0.15, -0.1) is 0 Å². The van der Waals surface area contributed by atoms with Gasteiger partial charge in [0.15, 0.2) is 18.1 Å². The van der Waals surface area contributed by atoms with E-state index in [1.165, 1.54) is 0 Å². The summed E-state index contributed by atoms with van der Waals surface area (Å²) in [6, 6.07) is 5.07. The minimum absolute atomic E-state index is 0.223. The maximum Gasteiger partial charge on any atom is 0.338 e. The van der Waals surface area contributed by atoms with E-state index in [0.29, 0.717) is 30.3 Å². The van der Waals surface area contributed by atoms with Crippen molar-refractivity contribution in [2.75, 3.05) is 19.8 Å². The highest BCUT2D eigenvalue weighted by Crippen LogP contribution is 2.30. The van der Waals surface area contributed by atoms with Gasteiger partial charge in [0.25, 0.3) is 5.91 Å². The molecule has 1 aromatic carbocycles. The summed E-state index contributed by atoms with van der Waals surface area (Å²) < 4.78 is 15.8. The van der Waals surface area contributed by atoms with Gasteiger partial charge in [-0.1, -0.05) is 12.8 Å². The second-order valence-electron chi connectivity index (χ2n) is 5.48. The second kappa shape index (κ2) is 6.68. The molecule has 2 aliphatic rings. The molecule has 0 aromatic heterocycles. The first-order valence-electron chi connectivity index (χ1n) is 7.58. The molecule has 1 saturated carbocycles. The minimum atomic E-state index is -0.543. The predicted molar refractivity (Wildman–Crippen MR) is 78.1 cm³/mol. The Balaban J connectivity index is 1.52. The standard InChI is InChI=1S/C16H19NO5/c18-15(17-12-3-1-2-4-12)10-22-16(19)11-5-6-13-14(9-11)21-8-7-20-13/h5-6,9,12H,1-4,7-8,10H2,(H,17,18). The molecule has 22 heavy (non-hydrogen) atoms. The van der Waals surface area contributed by atoms with Crippen LogP contribution in [0.15, 0.2) is 18.2 Å². The van der Waals surface area contributed by atoms with Gasteiger partial charge in [-0.3, -0.25) is 4.79 Å². The van der Waals surface area contributed by atoms with Crippen molar-refractivity contribution in [3.63, 3.8) is 0 Å². The maximum atomic E-state index is 12.0. The smallest absolute Gasteiger partial charge is 0.338 e. The predicted octanol–water partition coefficient (Wildman–Crippen LogP) is 1.67.